The van der Waals surface area contributed by atoms with E-state index < -0.39 is 18.9 Å². The molecule has 7 nitrogen and oxygen atoms in total. The van der Waals surface area contributed by atoms with Crippen molar-refractivity contribution < 1.29 is 33.8 Å². The lowest BCUT2D eigenvalue weighted by Gasteiger charge is -2.33. The highest BCUT2D eigenvalue weighted by molar-refractivity contribution is 6.40. The second kappa shape index (κ2) is 6.45. The van der Waals surface area contributed by atoms with Crippen molar-refractivity contribution in [2.45, 2.75) is 33.0 Å². The molecule has 0 atom stereocenters. The van der Waals surface area contributed by atoms with Gasteiger partial charge in [-0.15, -0.1) is 0 Å². The first kappa shape index (κ1) is 16.4. The van der Waals surface area contributed by atoms with Crippen LogP contribution >= 0.6 is 0 Å². The SMILES string of the molecule is CCCOc1ccc(OCB(O)O)c2c1C(=O)OC(C)(C)O2. The Hall–Kier alpha value is -1.93. The first-order valence-corrected chi connectivity index (χ1v) is 7.05. The van der Waals surface area contributed by atoms with Gasteiger partial charge in [0.25, 0.3) is 0 Å². The Balaban J connectivity index is 2.42. The number of carbonyl (C=O) groups excluding carboxylic acids is 1. The molecule has 0 spiro atoms. The lowest BCUT2D eigenvalue weighted by Crippen LogP contribution is -2.39. The normalized spacial score (nSPS) is 15.4. The third-order valence-corrected chi connectivity index (χ3v) is 2.82. The molecule has 1 aliphatic rings. The Kier molecular flexibility index (Phi) is 4.82. The first-order chi connectivity index (χ1) is 10.3. The summed E-state index contributed by atoms with van der Waals surface area (Å²) in [7, 11) is -1.63. The zero-order valence-electron chi connectivity index (χ0n) is 12.8. The summed E-state index contributed by atoms with van der Waals surface area (Å²) in [6.07, 6.45) is 0.783. The first-order valence-electron chi connectivity index (χ1n) is 7.05. The Labute approximate surface area is 128 Å². The quantitative estimate of drug-likeness (QED) is 0.601. The van der Waals surface area contributed by atoms with Gasteiger partial charge in [0.2, 0.25) is 5.79 Å². The predicted molar refractivity (Wildman–Crippen MR) is 78.0 cm³/mol. The van der Waals surface area contributed by atoms with Crippen molar-refractivity contribution in [3.8, 4) is 17.2 Å². The van der Waals surface area contributed by atoms with Crippen LogP contribution in [-0.4, -0.2) is 42.0 Å². The largest absolute Gasteiger partial charge is 0.493 e. The number of hydrogen-bond acceptors (Lipinski definition) is 7. The Morgan fingerprint density at radius 3 is 2.50 bits per heavy atom. The summed E-state index contributed by atoms with van der Waals surface area (Å²) in [5.74, 6) is -0.988. The minimum absolute atomic E-state index is 0.137. The van der Waals surface area contributed by atoms with Gasteiger partial charge in [-0.3, -0.25) is 0 Å². The Morgan fingerprint density at radius 1 is 1.18 bits per heavy atom. The number of fused-ring (bicyclic) bond motifs is 1. The third kappa shape index (κ3) is 3.64. The molecule has 0 unspecified atom stereocenters. The van der Waals surface area contributed by atoms with Crippen molar-refractivity contribution in [1.82, 2.24) is 0 Å². The fraction of sp³-hybridized carbons (Fsp3) is 0.500. The minimum Gasteiger partial charge on any atom is -0.493 e. The molecule has 2 N–H and O–H groups in total. The maximum absolute atomic E-state index is 12.2. The lowest BCUT2D eigenvalue weighted by atomic mass is 9.95. The Bertz CT molecular complexity index is 556. The zero-order valence-corrected chi connectivity index (χ0v) is 12.8. The minimum atomic E-state index is -1.63. The number of cyclic esters (lactones) is 1. The van der Waals surface area contributed by atoms with E-state index in [9.17, 15) is 4.79 Å². The molecule has 0 aliphatic carbocycles. The van der Waals surface area contributed by atoms with Gasteiger partial charge in [0, 0.05) is 13.8 Å². The zero-order chi connectivity index (χ0) is 16.3. The predicted octanol–water partition coefficient (Wildman–Crippen LogP) is 1.15. The second-order valence-electron chi connectivity index (χ2n) is 5.30. The summed E-state index contributed by atoms with van der Waals surface area (Å²) >= 11 is 0. The van der Waals surface area contributed by atoms with Gasteiger partial charge in [0.05, 0.1) is 6.61 Å². The van der Waals surface area contributed by atoms with E-state index in [-0.39, 0.29) is 23.6 Å². The lowest BCUT2D eigenvalue weighted by molar-refractivity contribution is -0.128. The van der Waals surface area contributed by atoms with Crippen LogP contribution in [0.3, 0.4) is 0 Å². The van der Waals surface area contributed by atoms with Crippen molar-refractivity contribution in [1.29, 1.82) is 0 Å². The van der Waals surface area contributed by atoms with E-state index in [1.165, 1.54) is 0 Å². The Morgan fingerprint density at radius 2 is 1.86 bits per heavy atom. The van der Waals surface area contributed by atoms with Crippen LogP contribution < -0.4 is 14.2 Å². The van der Waals surface area contributed by atoms with E-state index >= 15 is 0 Å². The molecule has 120 valence electrons. The van der Waals surface area contributed by atoms with Gasteiger partial charge in [-0.2, -0.15) is 0 Å². The fourth-order valence-corrected chi connectivity index (χ4v) is 1.99. The molecule has 0 bridgehead atoms. The summed E-state index contributed by atoms with van der Waals surface area (Å²) in [5.41, 5.74) is 0.137. The van der Waals surface area contributed by atoms with Gasteiger partial charge in [0.1, 0.15) is 17.8 Å². The summed E-state index contributed by atoms with van der Waals surface area (Å²) in [5, 5.41) is 17.8. The monoisotopic (exact) mass is 310 g/mol. The maximum Gasteiger partial charge on any atom is 0.491 e. The standard InChI is InChI=1S/C14H19BO7/c1-4-7-19-9-5-6-10(20-8-15(17)18)12-11(9)13(16)22-14(2,3)21-12/h5-6,17-18H,4,7-8H2,1-3H3. The van der Waals surface area contributed by atoms with E-state index in [1.807, 2.05) is 6.92 Å². The molecular formula is C14H19BO7. The average Bonchev–Trinajstić information content (AvgIpc) is 2.41. The molecule has 0 fully saturated rings. The molecule has 0 aromatic heterocycles. The summed E-state index contributed by atoms with van der Waals surface area (Å²) in [6.45, 7) is 5.24. The number of ether oxygens (including phenoxy) is 4. The van der Waals surface area contributed by atoms with Crippen LogP contribution in [0.15, 0.2) is 12.1 Å². The number of esters is 1. The molecule has 1 aromatic carbocycles. The van der Waals surface area contributed by atoms with Crippen LogP contribution in [0.4, 0.5) is 0 Å². The molecular weight excluding hydrogens is 291 g/mol. The average molecular weight is 310 g/mol. The molecule has 0 radical (unpaired) electrons. The molecule has 0 amide bonds. The van der Waals surface area contributed by atoms with Gasteiger partial charge >= 0.3 is 13.1 Å². The van der Waals surface area contributed by atoms with E-state index in [1.54, 1.807) is 26.0 Å². The molecule has 0 saturated heterocycles. The van der Waals surface area contributed by atoms with Crippen LogP contribution in [0.25, 0.3) is 0 Å². The smallest absolute Gasteiger partial charge is 0.491 e. The van der Waals surface area contributed by atoms with Crippen molar-refractivity contribution in [2.24, 2.45) is 0 Å². The number of benzene rings is 1. The van der Waals surface area contributed by atoms with Crippen LogP contribution in [-0.2, 0) is 4.74 Å². The van der Waals surface area contributed by atoms with Crippen molar-refractivity contribution in [3.05, 3.63) is 17.7 Å². The highest BCUT2D eigenvalue weighted by Gasteiger charge is 2.38. The molecule has 0 saturated carbocycles. The van der Waals surface area contributed by atoms with Crippen molar-refractivity contribution in [3.63, 3.8) is 0 Å². The number of rotatable bonds is 6. The van der Waals surface area contributed by atoms with E-state index in [4.69, 9.17) is 29.0 Å². The maximum atomic E-state index is 12.2. The second-order valence-corrected chi connectivity index (χ2v) is 5.30. The highest BCUT2D eigenvalue weighted by atomic mass is 16.7. The van der Waals surface area contributed by atoms with Gasteiger partial charge in [-0.25, -0.2) is 4.79 Å². The third-order valence-electron chi connectivity index (χ3n) is 2.82. The van der Waals surface area contributed by atoms with Crippen LogP contribution in [0, 0.1) is 0 Å². The summed E-state index contributed by atoms with van der Waals surface area (Å²) < 4.78 is 21.7. The molecule has 1 aromatic rings. The topological polar surface area (TPSA) is 94.5 Å². The summed E-state index contributed by atoms with van der Waals surface area (Å²) in [4.78, 5) is 12.2. The molecule has 2 rings (SSSR count). The van der Waals surface area contributed by atoms with Gasteiger partial charge in [0.15, 0.2) is 11.5 Å². The molecule has 1 aliphatic heterocycles. The fourth-order valence-electron chi connectivity index (χ4n) is 1.99. The molecule has 22 heavy (non-hydrogen) atoms. The van der Waals surface area contributed by atoms with E-state index in [0.29, 0.717) is 12.4 Å². The van der Waals surface area contributed by atoms with Crippen LogP contribution in [0.5, 0.6) is 17.2 Å². The molecule has 8 heteroatoms. The number of hydrogen-bond donors (Lipinski definition) is 2. The van der Waals surface area contributed by atoms with E-state index in [0.717, 1.165) is 6.42 Å². The van der Waals surface area contributed by atoms with Gasteiger partial charge < -0.3 is 29.0 Å². The van der Waals surface area contributed by atoms with Gasteiger partial charge in [-0.1, -0.05) is 6.92 Å². The van der Waals surface area contributed by atoms with Crippen LogP contribution in [0.1, 0.15) is 37.6 Å². The van der Waals surface area contributed by atoms with Crippen LogP contribution in [0.2, 0.25) is 0 Å². The van der Waals surface area contributed by atoms with E-state index in [2.05, 4.69) is 0 Å². The van der Waals surface area contributed by atoms with Gasteiger partial charge in [-0.05, 0) is 18.6 Å². The van der Waals surface area contributed by atoms with Crippen molar-refractivity contribution in [2.75, 3.05) is 13.1 Å². The number of carbonyl (C=O) groups is 1. The summed E-state index contributed by atoms with van der Waals surface area (Å²) in [6, 6.07) is 3.12. The van der Waals surface area contributed by atoms with Crippen molar-refractivity contribution >= 4 is 13.1 Å². The highest BCUT2D eigenvalue weighted by Crippen LogP contribution is 2.43. The molecule has 1 heterocycles.